The number of carboxylic acids is 1. The van der Waals surface area contributed by atoms with Crippen molar-refractivity contribution in [2.24, 2.45) is 5.92 Å². The lowest BCUT2D eigenvalue weighted by atomic mass is 10.0. The zero-order valence-electron chi connectivity index (χ0n) is 11.8. The highest BCUT2D eigenvalue weighted by Gasteiger charge is 2.22. The average Bonchev–Trinajstić information content (AvgIpc) is 2.43. The van der Waals surface area contributed by atoms with Gasteiger partial charge in [-0.2, -0.15) is 0 Å². The SMILES string of the molecule is COc1ccc2ccnc(NC(C(=O)O)C(C)C)c2c1. The lowest BCUT2D eigenvalue weighted by Crippen LogP contribution is -2.34. The zero-order chi connectivity index (χ0) is 14.7. The van der Waals surface area contributed by atoms with Crippen molar-refractivity contribution in [2.45, 2.75) is 19.9 Å². The van der Waals surface area contributed by atoms with Crippen molar-refractivity contribution in [1.29, 1.82) is 0 Å². The molecule has 2 rings (SSSR count). The fraction of sp³-hybridized carbons (Fsp3) is 0.333. The van der Waals surface area contributed by atoms with Crippen molar-refractivity contribution in [3.05, 3.63) is 30.5 Å². The minimum absolute atomic E-state index is 0.0461. The fourth-order valence-corrected chi connectivity index (χ4v) is 2.05. The lowest BCUT2D eigenvalue weighted by Gasteiger charge is -2.19. The van der Waals surface area contributed by atoms with E-state index in [0.717, 1.165) is 10.8 Å². The molecule has 0 spiro atoms. The van der Waals surface area contributed by atoms with E-state index in [-0.39, 0.29) is 5.92 Å². The number of pyridine rings is 1. The maximum atomic E-state index is 11.3. The van der Waals surface area contributed by atoms with Crippen LogP contribution < -0.4 is 10.1 Å². The molecule has 1 aromatic carbocycles. The topological polar surface area (TPSA) is 71.5 Å². The second-order valence-corrected chi connectivity index (χ2v) is 4.95. The summed E-state index contributed by atoms with van der Waals surface area (Å²) in [6.07, 6.45) is 1.66. The van der Waals surface area contributed by atoms with Gasteiger partial charge in [-0.05, 0) is 29.5 Å². The molecule has 0 amide bonds. The van der Waals surface area contributed by atoms with Gasteiger partial charge in [0.15, 0.2) is 0 Å². The van der Waals surface area contributed by atoms with E-state index >= 15 is 0 Å². The van der Waals surface area contributed by atoms with E-state index in [1.165, 1.54) is 0 Å². The molecule has 2 aromatic rings. The van der Waals surface area contributed by atoms with Crippen molar-refractivity contribution >= 4 is 22.6 Å². The second-order valence-electron chi connectivity index (χ2n) is 4.95. The summed E-state index contributed by atoms with van der Waals surface area (Å²) < 4.78 is 5.21. The van der Waals surface area contributed by atoms with Crippen LogP contribution in [0.15, 0.2) is 30.5 Å². The molecule has 0 saturated carbocycles. The molecule has 1 heterocycles. The smallest absolute Gasteiger partial charge is 0.326 e. The molecule has 5 heteroatoms. The van der Waals surface area contributed by atoms with Crippen LogP contribution in [0.1, 0.15) is 13.8 Å². The number of hydrogen-bond donors (Lipinski definition) is 2. The average molecular weight is 274 g/mol. The molecule has 0 aliphatic heterocycles. The Morgan fingerprint density at radius 1 is 1.35 bits per heavy atom. The van der Waals surface area contributed by atoms with Crippen LogP contribution >= 0.6 is 0 Å². The summed E-state index contributed by atoms with van der Waals surface area (Å²) in [5, 5.41) is 14.1. The molecule has 20 heavy (non-hydrogen) atoms. The fourth-order valence-electron chi connectivity index (χ4n) is 2.05. The Balaban J connectivity index is 2.45. The van der Waals surface area contributed by atoms with Crippen LogP contribution in [0.3, 0.4) is 0 Å². The predicted octanol–water partition coefficient (Wildman–Crippen LogP) is 2.76. The van der Waals surface area contributed by atoms with Crippen LogP contribution in [0.25, 0.3) is 10.8 Å². The molecule has 0 radical (unpaired) electrons. The molecule has 0 aliphatic rings. The van der Waals surface area contributed by atoms with E-state index in [0.29, 0.717) is 11.6 Å². The minimum atomic E-state index is -0.887. The largest absolute Gasteiger partial charge is 0.497 e. The molecule has 0 fully saturated rings. The van der Waals surface area contributed by atoms with Crippen molar-refractivity contribution in [1.82, 2.24) is 4.98 Å². The van der Waals surface area contributed by atoms with Gasteiger partial charge in [0.2, 0.25) is 0 Å². The van der Waals surface area contributed by atoms with E-state index in [4.69, 9.17) is 4.74 Å². The summed E-state index contributed by atoms with van der Waals surface area (Å²) in [6, 6.07) is 6.84. The third-order valence-corrected chi connectivity index (χ3v) is 3.20. The first-order chi connectivity index (χ1) is 9.52. The number of aliphatic carboxylic acids is 1. The number of ether oxygens (including phenoxy) is 1. The van der Waals surface area contributed by atoms with Crippen molar-refractivity contribution in [3.8, 4) is 5.75 Å². The predicted molar refractivity (Wildman–Crippen MR) is 78.2 cm³/mol. The highest BCUT2D eigenvalue weighted by Crippen LogP contribution is 2.26. The van der Waals surface area contributed by atoms with Gasteiger partial charge in [0.25, 0.3) is 0 Å². The third-order valence-electron chi connectivity index (χ3n) is 3.20. The van der Waals surface area contributed by atoms with Crippen LogP contribution in [0.4, 0.5) is 5.82 Å². The number of nitrogens with zero attached hydrogens (tertiary/aromatic N) is 1. The molecule has 5 nitrogen and oxygen atoms in total. The standard InChI is InChI=1S/C15H18N2O3/c1-9(2)13(15(18)19)17-14-12-8-11(20-3)5-4-10(12)6-7-16-14/h4-9,13H,1-3H3,(H,16,17)(H,18,19). The van der Waals surface area contributed by atoms with Crippen LogP contribution in [0.2, 0.25) is 0 Å². The van der Waals surface area contributed by atoms with Gasteiger partial charge in [0.1, 0.15) is 17.6 Å². The van der Waals surface area contributed by atoms with Gasteiger partial charge in [0.05, 0.1) is 7.11 Å². The maximum absolute atomic E-state index is 11.3. The lowest BCUT2D eigenvalue weighted by molar-refractivity contribution is -0.138. The van der Waals surface area contributed by atoms with Gasteiger partial charge in [-0.25, -0.2) is 9.78 Å². The van der Waals surface area contributed by atoms with Crippen molar-refractivity contribution in [2.75, 3.05) is 12.4 Å². The number of methoxy groups -OCH3 is 1. The molecule has 0 saturated heterocycles. The Bertz CT molecular complexity index is 626. The van der Waals surface area contributed by atoms with Gasteiger partial charge in [-0.1, -0.05) is 19.9 Å². The van der Waals surface area contributed by atoms with E-state index in [1.54, 1.807) is 13.3 Å². The molecule has 106 valence electrons. The number of fused-ring (bicyclic) bond motifs is 1. The normalized spacial score (nSPS) is 12.4. The molecule has 2 N–H and O–H groups in total. The van der Waals surface area contributed by atoms with Crippen molar-refractivity contribution < 1.29 is 14.6 Å². The minimum Gasteiger partial charge on any atom is -0.497 e. The van der Waals surface area contributed by atoms with Crippen LogP contribution in [-0.4, -0.2) is 29.2 Å². The molecule has 1 atom stereocenters. The summed E-state index contributed by atoms with van der Waals surface area (Å²) >= 11 is 0. The highest BCUT2D eigenvalue weighted by molar-refractivity contribution is 5.94. The molecule has 1 unspecified atom stereocenters. The van der Waals surface area contributed by atoms with Gasteiger partial charge in [-0.15, -0.1) is 0 Å². The zero-order valence-corrected chi connectivity index (χ0v) is 11.8. The third kappa shape index (κ3) is 2.82. The first kappa shape index (κ1) is 14.1. The van der Waals surface area contributed by atoms with Gasteiger partial charge in [0, 0.05) is 11.6 Å². The summed E-state index contributed by atoms with van der Waals surface area (Å²) in [6.45, 7) is 3.72. The molecule has 0 aliphatic carbocycles. The first-order valence-corrected chi connectivity index (χ1v) is 6.45. The Hall–Kier alpha value is -2.30. The number of benzene rings is 1. The van der Waals surface area contributed by atoms with Crippen molar-refractivity contribution in [3.63, 3.8) is 0 Å². The molecule has 0 bridgehead atoms. The molecular formula is C15H18N2O3. The van der Waals surface area contributed by atoms with Crippen LogP contribution in [0.5, 0.6) is 5.75 Å². The first-order valence-electron chi connectivity index (χ1n) is 6.45. The van der Waals surface area contributed by atoms with Crippen LogP contribution in [0, 0.1) is 5.92 Å². The van der Waals surface area contributed by atoms with E-state index < -0.39 is 12.0 Å². The van der Waals surface area contributed by atoms with Crippen LogP contribution in [-0.2, 0) is 4.79 Å². The Morgan fingerprint density at radius 3 is 2.70 bits per heavy atom. The number of anilines is 1. The Labute approximate surface area is 117 Å². The van der Waals surface area contributed by atoms with Gasteiger partial charge < -0.3 is 15.2 Å². The number of rotatable bonds is 5. The summed E-state index contributed by atoms with van der Waals surface area (Å²) in [5.74, 6) is 0.337. The quantitative estimate of drug-likeness (QED) is 0.877. The van der Waals surface area contributed by atoms with Gasteiger partial charge >= 0.3 is 5.97 Å². The number of nitrogens with one attached hydrogen (secondary N) is 1. The number of aromatic nitrogens is 1. The van der Waals surface area contributed by atoms with Gasteiger partial charge in [-0.3, -0.25) is 0 Å². The summed E-state index contributed by atoms with van der Waals surface area (Å²) in [5.41, 5.74) is 0. The Kier molecular flexibility index (Phi) is 4.08. The number of carbonyl (C=O) groups is 1. The maximum Gasteiger partial charge on any atom is 0.326 e. The highest BCUT2D eigenvalue weighted by atomic mass is 16.5. The monoisotopic (exact) mass is 274 g/mol. The number of carboxylic acid groups (broad SMARTS) is 1. The molecule has 1 aromatic heterocycles. The number of hydrogen-bond acceptors (Lipinski definition) is 4. The molecular weight excluding hydrogens is 256 g/mol. The summed E-state index contributed by atoms with van der Waals surface area (Å²) in [4.78, 5) is 15.5. The van der Waals surface area contributed by atoms with E-state index in [1.807, 2.05) is 38.1 Å². The second kappa shape index (κ2) is 5.77. The summed E-state index contributed by atoms with van der Waals surface area (Å²) in [7, 11) is 1.60. The van der Waals surface area contributed by atoms with E-state index in [2.05, 4.69) is 10.3 Å². The Morgan fingerprint density at radius 2 is 2.10 bits per heavy atom. The van der Waals surface area contributed by atoms with E-state index in [9.17, 15) is 9.90 Å².